The topological polar surface area (TPSA) is 64.3 Å². The molecule has 1 atom stereocenters. The SMILES string of the molecule is NC(=S)C1CN(c2nncc3ccccc23)CCO1. The van der Waals surface area contributed by atoms with Crippen molar-refractivity contribution in [3.8, 4) is 0 Å². The molecule has 0 bridgehead atoms. The number of benzene rings is 1. The van der Waals surface area contributed by atoms with Crippen LogP contribution in [0.2, 0.25) is 0 Å². The monoisotopic (exact) mass is 274 g/mol. The smallest absolute Gasteiger partial charge is 0.159 e. The lowest BCUT2D eigenvalue weighted by Gasteiger charge is -2.33. The van der Waals surface area contributed by atoms with Crippen LogP contribution in [0.25, 0.3) is 10.8 Å². The van der Waals surface area contributed by atoms with E-state index < -0.39 is 0 Å². The Bertz CT molecular complexity index is 613. The number of nitrogens with two attached hydrogens (primary N) is 1. The first-order valence-electron chi connectivity index (χ1n) is 6.12. The van der Waals surface area contributed by atoms with Crippen LogP contribution in [-0.4, -0.2) is 41.0 Å². The molecule has 6 heteroatoms. The molecule has 2 aromatic rings. The maximum Gasteiger partial charge on any atom is 0.159 e. The third kappa shape index (κ3) is 2.36. The number of nitrogens with zero attached hydrogens (tertiary/aromatic N) is 3. The number of hydrogen-bond donors (Lipinski definition) is 1. The second-order valence-electron chi connectivity index (χ2n) is 4.46. The lowest BCUT2D eigenvalue weighted by Crippen LogP contribution is -2.48. The van der Waals surface area contributed by atoms with Gasteiger partial charge in [-0.1, -0.05) is 36.5 Å². The normalized spacial score (nSPS) is 19.6. The van der Waals surface area contributed by atoms with Gasteiger partial charge >= 0.3 is 0 Å². The highest BCUT2D eigenvalue weighted by molar-refractivity contribution is 7.80. The lowest BCUT2D eigenvalue weighted by molar-refractivity contribution is 0.0844. The second-order valence-corrected chi connectivity index (χ2v) is 4.93. The number of ether oxygens (including phenoxy) is 1. The molecular weight excluding hydrogens is 260 g/mol. The minimum Gasteiger partial charge on any atom is -0.391 e. The number of thiocarbonyl (C=S) groups is 1. The highest BCUT2D eigenvalue weighted by atomic mass is 32.1. The van der Waals surface area contributed by atoms with Crippen LogP contribution in [0.5, 0.6) is 0 Å². The van der Waals surface area contributed by atoms with Gasteiger partial charge in [0.05, 0.1) is 19.3 Å². The van der Waals surface area contributed by atoms with E-state index in [9.17, 15) is 0 Å². The van der Waals surface area contributed by atoms with Gasteiger partial charge in [-0.2, -0.15) is 5.10 Å². The molecule has 0 aliphatic carbocycles. The number of anilines is 1. The van der Waals surface area contributed by atoms with E-state index in [-0.39, 0.29) is 6.10 Å². The maximum atomic E-state index is 5.66. The molecular formula is C13H14N4OS. The predicted molar refractivity (Wildman–Crippen MR) is 78.3 cm³/mol. The molecule has 1 aromatic carbocycles. The summed E-state index contributed by atoms with van der Waals surface area (Å²) in [6.07, 6.45) is 1.55. The molecule has 1 aliphatic rings. The fourth-order valence-corrected chi connectivity index (χ4v) is 2.40. The first kappa shape index (κ1) is 12.3. The first-order chi connectivity index (χ1) is 9.25. The molecule has 0 saturated carbocycles. The minimum absolute atomic E-state index is 0.218. The van der Waals surface area contributed by atoms with E-state index in [1.54, 1.807) is 6.20 Å². The Hall–Kier alpha value is -1.79. The second kappa shape index (κ2) is 5.07. The maximum absolute atomic E-state index is 5.66. The summed E-state index contributed by atoms with van der Waals surface area (Å²) >= 11 is 5.00. The van der Waals surface area contributed by atoms with E-state index in [2.05, 4.69) is 15.1 Å². The van der Waals surface area contributed by atoms with E-state index >= 15 is 0 Å². The molecule has 1 aliphatic heterocycles. The van der Waals surface area contributed by atoms with Crippen molar-refractivity contribution in [2.75, 3.05) is 24.6 Å². The third-order valence-corrected chi connectivity index (χ3v) is 3.50. The van der Waals surface area contributed by atoms with Crippen molar-refractivity contribution in [1.29, 1.82) is 0 Å². The molecule has 19 heavy (non-hydrogen) atoms. The Morgan fingerprint density at radius 2 is 2.26 bits per heavy atom. The van der Waals surface area contributed by atoms with Crippen molar-refractivity contribution in [3.63, 3.8) is 0 Å². The van der Waals surface area contributed by atoms with Crippen LogP contribution in [0.1, 0.15) is 0 Å². The average molecular weight is 274 g/mol. The summed E-state index contributed by atoms with van der Waals surface area (Å²) in [5.41, 5.74) is 5.66. The molecule has 1 saturated heterocycles. The van der Waals surface area contributed by atoms with Crippen molar-refractivity contribution in [2.24, 2.45) is 5.73 Å². The summed E-state index contributed by atoms with van der Waals surface area (Å²) in [7, 11) is 0. The van der Waals surface area contributed by atoms with E-state index in [1.165, 1.54) is 0 Å². The van der Waals surface area contributed by atoms with Crippen molar-refractivity contribution >= 4 is 33.8 Å². The van der Waals surface area contributed by atoms with E-state index in [0.717, 1.165) is 23.1 Å². The molecule has 0 spiro atoms. The largest absolute Gasteiger partial charge is 0.391 e. The zero-order valence-corrected chi connectivity index (χ0v) is 11.1. The summed E-state index contributed by atoms with van der Waals surface area (Å²) in [5, 5.41) is 10.5. The molecule has 2 N–H and O–H groups in total. The molecule has 0 radical (unpaired) electrons. The van der Waals surface area contributed by atoms with Crippen LogP contribution < -0.4 is 10.6 Å². The van der Waals surface area contributed by atoms with Crippen LogP contribution in [0.4, 0.5) is 5.82 Å². The molecule has 98 valence electrons. The third-order valence-electron chi connectivity index (χ3n) is 3.23. The van der Waals surface area contributed by atoms with Gasteiger partial charge in [-0.25, -0.2) is 0 Å². The van der Waals surface area contributed by atoms with Gasteiger partial charge in [0.15, 0.2) is 5.82 Å². The van der Waals surface area contributed by atoms with Gasteiger partial charge in [-0.05, 0) is 0 Å². The van der Waals surface area contributed by atoms with Crippen LogP contribution >= 0.6 is 12.2 Å². The quantitative estimate of drug-likeness (QED) is 0.828. The fraction of sp³-hybridized carbons (Fsp3) is 0.308. The average Bonchev–Trinajstić information content (AvgIpc) is 2.47. The molecule has 1 unspecified atom stereocenters. The van der Waals surface area contributed by atoms with E-state index in [0.29, 0.717) is 18.1 Å². The fourth-order valence-electron chi connectivity index (χ4n) is 2.26. The Balaban J connectivity index is 1.97. The van der Waals surface area contributed by atoms with Crippen LogP contribution in [0.15, 0.2) is 30.5 Å². The molecule has 2 heterocycles. The van der Waals surface area contributed by atoms with Crippen molar-refractivity contribution in [3.05, 3.63) is 30.5 Å². The van der Waals surface area contributed by atoms with Crippen LogP contribution in [-0.2, 0) is 4.74 Å². The molecule has 5 nitrogen and oxygen atoms in total. The summed E-state index contributed by atoms with van der Waals surface area (Å²) in [5.74, 6) is 0.864. The number of hydrogen-bond acceptors (Lipinski definition) is 5. The zero-order valence-electron chi connectivity index (χ0n) is 10.3. The first-order valence-corrected chi connectivity index (χ1v) is 6.53. The van der Waals surface area contributed by atoms with Crippen molar-refractivity contribution < 1.29 is 4.74 Å². The molecule has 0 amide bonds. The van der Waals surface area contributed by atoms with E-state index in [1.807, 2.05) is 24.3 Å². The number of aromatic nitrogens is 2. The molecule has 1 aromatic heterocycles. The van der Waals surface area contributed by atoms with Gasteiger partial charge in [-0.3, -0.25) is 0 Å². The molecule has 3 rings (SSSR count). The van der Waals surface area contributed by atoms with Gasteiger partial charge in [0.1, 0.15) is 11.1 Å². The van der Waals surface area contributed by atoms with Crippen LogP contribution in [0.3, 0.4) is 0 Å². The number of fused-ring (bicyclic) bond motifs is 1. The minimum atomic E-state index is -0.218. The van der Waals surface area contributed by atoms with Gasteiger partial charge in [0.2, 0.25) is 0 Å². The Kier molecular flexibility index (Phi) is 3.27. The zero-order chi connectivity index (χ0) is 13.2. The lowest BCUT2D eigenvalue weighted by atomic mass is 10.1. The van der Waals surface area contributed by atoms with Crippen molar-refractivity contribution in [1.82, 2.24) is 10.2 Å². The Morgan fingerprint density at radius 1 is 1.42 bits per heavy atom. The summed E-state index contributed by atoms with van der Waals surface area (Å²) in [6, 6.07) is 8.06. The Labute approximate surface area is 116 Å². The molecule has 1 fully saturated rings. The summed E-state index contributed by atoms with van der Waals surface area (Å²) in [6.45, 7) is 1.98. The number of morpholine rings is 1. The standard InChI is InChI=1S/C13H14N4OS/c14-12(19)11-8-17(5-6-18-11)13-10-4-2-1-3-9(10)7-15-16-13/h1-4,7,11H,5-6,8H2,(H2,14,19). The van der Waals surface area contributed by atoms with Crippen LogP contribution in [0, 0.1) is 0 Å². The summed E-state index contributed by atoms with van der Waals surface area (Å²) in [4.78, 5) is 2.51. The van der Waals surface area contributed by atoms with Crippen molar-refractivity contribution in [2.45, 2.75) is 6.10 Å². The highest BCUT2D eigenvalue weighted by Gasteiger charge is 2.24. The highest BCUT2D eigenvalue weighted by Crippen LogP contribution is 2.24. The summed E-state index contributed by atoms with van der Waals surface area (Å²) < 4.78 is 5.55. The number of rotatable bonds is 2. The Morgan fingerprint density at radius 3 is 3.11 bits per heavy atom. The van der Waals surface area contributed by atoms with E-state index in [4.69, 9.17) is 22.7 Å². The van der Waals surface area contributed by atoms with Gasteiger partial charge in [0, 0.05) is 17.3 Å². The predicted octanol–water partition coefficient (Wildman–Crippen LogP) is 1.12. The van der Waals surface area contributed by atoms with Gasteiger partial charge in [-0.15, -0.1) is 5.10 Å². The van der Waals surface area contributed by atoms with Gasteiger partial charge in [0.25, 0.3) is 0 Å². The van der Waals surface area contributed by atoms with Gasteiger partial charge < -0.3 is 15.4 Å².